The number of hydrogen-bond acceptors (Lipinski definition) is 6. The molecule has 0 unspecified atom stereocenters. The third-order valence-corrected chi connectivity index (χ3v) is 5.74. The van der Waals surface area contributed by atoms with Crippen LogP contribution < -0.4 is 5.32 Å². The lowest BCUT2D eigenvalue weighted by Gasteiger charge is -2.10. The first-order valence-corrected chi connectivity index (χ1v) is 10.2. The highest BCUT2D eigenvalue weighted by molar-refractivity contribution is 7.90. The second kappa shape index (κ2) is 6.22. The van der Waals surface area contributed by atoms with Crippen LogP contribution in [-0.4, -0.2) is 42.5 Å². The first-order chi connectivity index (χ1) is 10.8. The van der Waals surface area contributed by atoms with Crippen LogP contribution >= 0.6 is 0 Å². The summed E-state index contributed by atoms with van der Waals surface area (Å²) in [6.45, 7) is 0. The van der Waals surface area contributed by atoms with Gasteiger partial charge in [-0.25, -0.2) is 8.42 Å². The van der Waals surface area contributed by atoms with Crippen molar-refractivity contribution >= 4 is 15.7 Å². The number of amides is 1. The van der Waals surface area contributed by atoms with E-state index in [0.717, 1.165) is 25.7 Å². The van der Waals surface area contributed by atoms with E-state index in [1.165, 1.54) is 19.1 Å². The number of rotatable bonds is 7. The van der Waals surface area contributed by atoms with Gasteiger partial charge >= 0.3 is 0 Å². The molecule has 1 N–H and O–H groups in total. The number of nitrogens with zero attached hydrogens (tertiary/aromatic N) is 2. The van der Waals surface area contributed by atoms with Gasteiger partial charge in [-0.15, -0.1) is 0 Å². The molecule has 0 aromatic carbocycles. The second-order valence-electron chi connectivity index (χ2n) is 7.08. The van der Waals surface area contributed by atoms with Crippen LogP contribution in [0, 0.1) is 5.41 Å². The molecule has 0 radical (unpaired) electrons. The summed E-state index contributed by atoms with van der Waals surface area (Å²) in [5.74, 6) is 0.863. The Kier molecular flexibility index (Phi) is 4.44. The first kappa shape index (κ1) is 16.4. The van der Waals surface area contributed by atoms with Gasteiger partial charge in [0.15, 0.2) is 5.82 Å². The van der Waals surface area contributed by atoms with Gasteiger partial charge in [-0.05, 0) is 31.1 Å². The van der Waals surface area contributed by atoms with Crippen molar-refractivity contribution in [2.75, 3.05) is 12.0 Å². The molecule has 0 bridgehead atoms. The Hall–Kier alpha value is -1.44. The van der Waals surface area contributed by atoms with Gasteiger partial charge in [-0.2, -0.15) is 4.98 Å². The van der Waals surface area contributed by atoms with E-state index in [1.807, 2.05) is 0 Å². The second-order valence-corrected chi connectivity index (χ2v) is 9.22. The standard InChI is InChI=1S/C15H23N3O4S/c1-23(20,21)10-15(6-7-15)9-14-17-12(18-22-14)8-13(19)16-11-4-2-3-5-11/h11H,2-10H2,1H3,(H,16,19). The van der Waals surface area contributed by atoms with Gasteiger partial charge in [0.25, 0.3) is 0 Å². The van der Waals surface area contributed by atoms with E-state index in [4.69, 9.17) is 4.52 Å². The Bertz CT molecular complexity index is 673. The smallest absolute Gasteiger partial charge is 0.228 e. The average molecular weight is 341 g/mol. The SMILES string of the molecule is CS(=O)(=O)CC1(Cc2nc(CC(=O)NC3CCCC3)no2)CC1. The minimum Gasteiger partial charge on any atom is -0.353 e. The molecule has 1 aromatic heterocycles. The number of nitrogens with one attached hydrogen (secondary N) is 1. The summed E-state index contributed by atoms with van der Waals surface area (Å²) in [5, 5.41) is 6.83. The molecule has 128 valence electrons. The fourth-order valence-corrected chi connectivity index (χ4v) is 4.86. The van der Waals surface area contributed by atoms with E-state index in [2.05, 4.69) is 15.5 Å². The lowest BCUT2D eigenvalue weighted by atomic mass is 10.1. The Morgan fingerprint density at radius 3 is 2.65 bits per heavy atom. The Morgan fingerprint density at radius 2 is 2.04 bits per heavy atom. The summed E-state index contributed by atoms with van der Waals surface area (Å²) in [5.41, 5.74) is -0.247. The van der Waals surface area contributed by atoms with Crippen molar-refractivity contribution in [3.05, 3.63) is 11.7 Å². The van der Waals surface area contributed by atoms with E-state index < -0.39 is 9.84 Å². The monoisotopic (exact) mass is 341 g/mol. The van der Waals surface area contributed by atoms with Gasteiger partial charge in [0.05, 0.1) is 12.2 Å². The summed E-state index contributed by atoms with van der Waals surface area (Å²) in [7, 11) is -3.02. The van der Waals surface area contributed by atoms with Crippen LogP contribution in [0.15, 0.2) is 4.52 Å². The molecule has 1 aromatic rings. The van der Waals surface area contributed by atoms with Crippen LogP contribution in [0.5, 0.6) is 0 Å². The van der Waals surface area contributed by atoms with Gasteiger partial charge in [-0.3, -0.25) is 4.79 Å². The molecular formula is C15H23N3O4S. The van der Waals surface area contributed by atoms with E-state index in [-0.39, 0.29) is 29.5 Å². The quantitative estimate of drug-likeness (QED) is 0.795. The minimum atomic E-state index is -3.02. The maximum Gasteiger partial charge on any atom is 0.228 e. The van der Waals surface area contributed by atoms with Crippen molar-refractivity contribution in [3.63, 3.8) is 0 Å². The van der Waals surface area contributed by atoms with Crippen molar-refractivity contribution in [1.29, 1.82) is 0 Å². The van der Waals surface area contributed by atoms with E-state index in [9.17, 15) is 13.2 Å². The van der Waals surface area contributed by atoms with Gasteiger partial charge in [-0.1, -0.05) is 18.0 Å². The van der Waals surface area contributed by atoms with Crippen molar-refractivity contribution in [3.8, 4) is 0 Å². The number of aromatic nitrogens is 2. The van der Waals surface area contributed by atoms with Crippen LogP contribution in [0.25, 0.3) is 0 Å². The summed E-state index contributed by atoms with van der Waals surface area (Å²) in [6.07, 6.45) is 7.96. The molecule has 1 heterocycles. The van der Waals surface area contributed by atoms with Gasteiger partial charge in [0.1, 0.15) is 9.84 Å². The van der Waals surface area contributed by atoms with Crippen molar-refractivity contribution in [1.82, 2.24) is 15.5 Å². The first-order valence-electron chi connectivity index (χ1n) is 8.12. The molecule has 2 fully saturated rings. The number of carbonyl (C=O) groups excluding carboxylic acids is 1. The molecule has 0 aliphatic heterocycles. The highest BCUT2D eigenvalue weighted by atomic mass is 32.2. The van der Waals surface area contributed by atoms with Crippen molar-refractivity contribution < 1.29 is 17.7 Å². The summed E-state index contributed by atoms with van der Waals surface area (Å²) in [4.78, 5) is 16.2. The minimum absolute atomic E-state index is 0.0819. The molecule has 0 spiro atoms. The van der Waals surface area contributed by atoms with E-state index in [0.29, 0.717) is 18.1 Å². The predicted molar refractivity (Wildman–Crippen MR) is 83.5 cm³/mol. The zero-order valence-corrected chi connectivity index (χ0v) is 14.2. The molecule has 23 heavy (non-hydrogen) atoms. The van der Waals surface area contributed by atoms with Gasteiger partial charge < -0.3 is 9.84 Å². The maximum atomic E-state index is 12.0. The lowest BCUT2D eigenvalue weighted by Crippen LogP contribution is -2.33. The third kappa shape index (κ3) is 4.76. The van der Waals surface area contributed by atoms with Gasteiger partial charge in [0, 0.05) is 18.7 Å². The fourth-order valence-electron chi connectivity index (χ4n) is 3.35. The third-order valence-electron chi connectivity index (χ3n) is 4.60. The fraction of sp³-hybridized carbons (Fsp3) is 0.800. The largest absolute Gasteiger partial charge is 0.353 e. The normalized spacial score (nSPS) is 20.6. The molecule has 1 amide bonds. The Labute approximate surface area is 136 Å². The van der Waals surface area contributed by atoms with Crippen LogP contribution in [-0.2, 0) is 27.5 Å². The number of carbonyl (C=O) groups is 1. The molecule has 2 aliphatic carbocycles. The van der Waals surface area contributed by atoms with Crippen molar-refractivity contribution in [2.45, 2.75) is 57.4 Å². The van der Waals surface area contributed by atoms with Crippen LogP contribution in [0.4, 0.5) is 0 Å². The van der Waals surface area contributed by atoms with Crippen LogP contribution in [0.1, 0.15) is 50.2 Å². The topological polar surface area (TPSA) is 102 Å². The van der Waals surface area contributed by atoms with Crippen LogP contribution in [0.3, 0.4) is 0 Å². The summed E-state index contributed by atoms with van der Waals surface area (Å²) >= 11 is 0. The predicted octanol–water partition coefficient (Wildman–Crippen LogP) is 1.04. The summed E-state index contributed by atoms with van der Waals surface area (Å²) in [6, 6.07) is 0.276. The van der Waals surface area contributed by atoms with Crippen LogP contribution in [0.2, 0.25) is 0 Å². The molecular weight excluding hydrogens is 318 g/mol. The maximum absolute atomic E-state index is 12.0. The van der Waals surface area contributed by atoms with Crippen molar-refractivity contribution in [2.24, 2.45) is 5.41 Å². The highest BCUT2D eigenvalue weighted by Crippen LogP contribution is 2.49. The Morgan fingerprint density at radius 1 is 1.35 bits per heavy atom. The molecule has 2 saturated carbocycles. The molecule has 2 aliphatic rings. The van der Waals surface area contributed by atoms with E-state index in [1.54, 1.807) is 0 Å². The Balaban J connectivity index is 1.53. The highest BCUT2D eigenvalue weighted by Gasteiger charge is 2.46. The molecule has 7 nitrogen and oxygen atoms in total. The number of sulfone groups is 1. The number of hydrogen-bond donors (Lipinski definition) is 1. The molecule has 3 rings (SSSR count). The molecule has 0 saturated heterocycles. The zero-order valence-electron chi connectivity index (χ0n) is 13.4. The zero-order chi connectivity index (χ0) is 16.5. The lowest BCUT2D eigenvalue weighted by molar-refractivity contribution is -0.121. The molecule has 0 atom stereocenters. The van der Waals surface area contributed by atoms with E-state index >= 15 is 0 Å². The molecule has 8 heteroatoms. The van der Waals surface area contributed by atoms with Gasteiger partial charge in [0.2, 0.25) is 11.8 Å². The summed E-state index contributed by atoms with van der Waals surface area (Å²) < 4.78 is 28.1. The average Bonchev–Trinajstić information content (AvgIpc) is 2.85.